The third kappa shape index (κ3) is 3.20. The monoisotopic (exact) mass is 374 g/mol. The van der Waals surface area contributed by atoms with Gasteiger partial charge in [0.2, 0.25) is 0 Å². The molecule has 1 N–H and O–H groups in total. The largest absolute Gasteiger partial charge is 0.417 e. The van der Waals surface area contributed by atoms with Gasteiger partial charge in [-0.25, -0.2) is 8.78 Å². The van der Waals surface area contributed by atoms with Crippen LogP contribution in [0.2, 0.25) is 5.02 Å². The molecule has 2 aromatic rings. The van der Waals surface area contributed by atoms with E-state index in [4.69, 9.17) is 11.6 Å². The van der Waals surface area contributed by atoms with Gasteiger partial charge in [-0.1, -0.05) is 17.7 Å². The number of nitrogens with zero attached hydrogens (tertiary/aromatic N) is 1. The fraction of sp³-hybridized carbons (Fsp3) is 0.235. The van der Waals surface area contributed by atoms with Gasteiger partial charge in [0.25, 0.3) is 0 Å². The summed E-state index contributed by atoms with van der Waals surface area (Å²) in [5.41, 5.74) is -1.75. The van der Waals surface area contributed by atoms with Gasteiger partial charge in [-0.2, -0.15) is 13.2 Å². The molecule has 0 fully saturated rings. The van der Waals surface area contributed by atoms with Crippen molar-refractivity contribution in [1.82, 2.24) is 0 Å². The first kappa shape index (κ1) is 17.7. The van der Waals surface area contributed by atoms with E-state index in [1.807, 2.05) is 0 Å². The molecular formula is C17H12ClF5N2. The third-order valence-corrected chi connectivity index (χ3v) is 4.21. The topological polar surface area (TPSA) is 24.4 Å². The van der Waals surface area contributed by atoms with Crippen molar-refractivity contribution in [3.63, 3.8) is 0 Å². The number of hydrogen-bond donors (Lipinski definition) is 1. The lowest BCUT2D eigenvalue weighted by Crippen LogP contribution is -2.14. The van der Waals surface area contributed by atoms with Crippen molar-refractivity contribution < 1.29 is 22.0 Å². The molecule has 0 saturated heterocycles. The summed E-state index contributed by atoms with van der Waals surface area (Å²) >= 11 is 6.00. The summed E-state index contributed by atoms with van der Waals surface area (Å²) in [7, 11) is 0. The number of halogens is 6. The third-order valence-electron chi connectivity index (χ3n) is 3.82. The molecule has 0 amide bonds. The Balaban J connectivity index is 2.34. The Kier molecular flexibility index (Phi) is 4.45. The summed E-state index contributed by atoms with van der Waals surface area (Å²) in [6.45, 7) is 1.96. The quantitative estimate of drug-likeness (QED) is 0.674. The van der Waals surface area contributed by atoms with E-state index in [-0.39, 0.29) is 23.5 Å². The molecule has 1 atom stereocenters. The zero-order chi connectivity index (χ0) is 18.4. The molecule has 3 rings (SSSR count). The number of aliphatic imine (C=N–C) groups is 1. The van der Waals surface area contributed by atoms with Crippen LogP contribution in [-0.2, 0) is 6.18 Å². The average molecular weight is 375 g/mol. The van der Waals surface area contributed by atoms with Gasteiger partial charge in [-0.15, -0.1) is 0 Å². The SMILES string of the molecule is C[C@H]1CNc2ccc(C(F)(F)F)c(Cl)c2C(c2c(F)cccc2F)=N1. The van der Waals surface area contributed by atoms with Crippen molar-refractivity contribution in [3.8, 4) is 0 Å². The molecule has 0 aliphatic carbocycles. The van der Waals surface area contributed by atoms with E-state index in [1.54, 1.807) is 6.92 Å². The number of hydrogen-bond acceptors (Lipinski definition) is 2. The number of nitrogens with one attached hydrogen (secondary N) is 1. The van der Waals surface area contributed by atoms with Gasteiger partial charge >= 0.3 is 6.18 Å². The second-order valence-corrected chi connectivity index (χ2v) is 6.03. The molecule has 1 heterocycles. The normalized spacial score (nSPS) is 17.4. The highest BCUT2D eigenvalue weighted by atomic mass is 35.5. The van der Waals surface area contributed by atoms with Gasteiger partial charge < -0.3 is 5.32 Å². The minimum absolute atomic E-state index is 0.162. The van der Waals surface area contributed by atoms with Crippen LogP contribution in [0.4, 0.5) is 27.6 Å². The summed E-state index contributed by atoms with van der Waals surface area (Å²) in [4.78, 5) is 4.22. The Bertz CT molecular complexity index is 841. The molecule has 1 aliphatic heterocycles. The predicted octanol–water partition coefficient (Wildman–Crippen LogP) is 5.29. The molecule has 0 aromatic heterocycles. The highest BCUT2D eigenvalue weighted by molar-refractivity contribution is 6.37. The number of benzene rings is 2. The van der Waals surface area contributed by atoms with E-state index in [0.717, 1.165) is 18.2 Å². The van der Waals surface area contributed by atoms with Crippen molar-refractivity contribution in [2.45, 2.75) is 19.1 Å². The lowest BCUT2D eigenvalue weighted by atomic mass is 9.97. The van der Waals surface area contributed by atoms with Crippen molar-refractivity contribution in [3.05, 3.63) is 63.7 Å². The van der Waals surface area contributed by atoms with Crippen molar-refractivity contribution in [2.75, 3.05) is 11.9 Å². The number of benzodiazepines with no additional fused rings is 1. The molecule has 0 bridgehead atoms. The first-order valence-corrected chi connectivity index (χ1v) is 7.74. The van der Waals surface area contributed by atoms with E-state index in [9.17, 15) is 22.0 Å². The van der Waals surface area contributed by atoms with E-state index in [2.05, 4.69) is 10.3 Å². The Labute approximate surface area is 145 Å². The minimum atomic E-state index is -4.71. The standard InChI is InChI=1S/C17H12ClF5N2/c1-8-7-24-12-6-5-9(17(21,22)23)15(18)14(12)16(25-8)13-10(19)3-2-4-11(13)20/h2-6,8,24H,7H2,1H3/t8-/m0/s1. The van der Waals surface area contributed by atoms with E-state index < -0.39 is 40.0 Å². The van der Waals surface area contributed by atoms with Crippen LogP contribution in [0.3, 0.4) is 0 Å². The lowest BCUT2D eigenvalue weighted by molar-refractivity contribution is -0.137. The first-order valence-electron chi connectivity index (χ1n) is 7.36. The molecule has 25 heavy (non-hydrogen) atoms. The van der Waals surface area contributed by atoms with E-state index >= 15 is 0 Å². The van der Waals surface area contributed by atoms with Crippen LogP contribution in [0.5, 0.6) is 0 Å². The predicted molar refractivity (Wildman–Crippen MR) is 86.4 cm³/mol. The fourth-order valence-electron chi connectivity index (χ4n) is 2.68. The second kappa shape index (κ2) is 6.29. The molecule has 1 aliphatic rings. The smallest absolute Gasteiger partial charge is 0.382 e. The molecule has 0 unspecified atom stereocenters. The van der Waals surface area contributed by atoms with E-state index in [0.29, 0.717) is 0 Å². The molecule has 2 nitrogen and oxygen atoms in total. The van der Waals surface area contributed by atoms with E-state index in [1.165, 1.54) is 12.1 Å². The van der Waals surface area contributed by atoms with Gasteiger partial charge in [-0.3, -0.25) is 4.99 Å². The maximum absolute atomic E-state index is 14.2. The van der Waals surface area contributed by atoms with Crippen LogP contribution < -0.4 is 5.32 Å². The number of rotatable bonds is 1. The maximum atomic E-state index is 14.2. The summed E-state index contributed by atoms with van der Waals surface area (Å²) in [6, 6.07) is 4.81. The Morgan fingerprint density at radius 2 is 1.72 bits per heavy atom. The summed E-state index contributed by atoms with van der Waals surface area (Å²) in [5.74, 6) is -1.85. The highest BCUT2D eigenvalue weighted by Crippen LogP contribution is 2.41. The van der Waals surface area contributed by atoms with Crippen LogP contribution in [0.15, 0.2) is 35.3 Å². The summed E-state index contributed by atoms with van der Waals surface area (Å²) in [6.07, 6.45) is -4.71. The van der Waals surface area contributed by atoms with Crippen LogP contribution in [-0.4, -0.2) is 18.3 Å². The van der Waals surface area contributed by atoms with Crippen molar-refractivity contribution >= 4 is 23.0 Å². The van der Waals surface area contributed by atoms with Crippen LogP contribution in [0, 0.1) is 11.6 Å². The number of alkyl halides is 3. The van der Waals surface area contributed by atoms with Crippen molar-refractivity contribution in [1.29, 1.82) is 0 Å². The molecule has 0 saturated carbocycles. The van der Waals surface area contributed by atoms with Crippen LogP contribution in [0.1, 0.15) is 23.6 Å². The van der Waals surface area contributed by atoms with Gasteiger partial charge in [0, 0.05) is 17.8 Å². The molecule has 0 spiro atoms. The summed E-state index contributed by atoms with van der Waals surface area (Å²) in [5, 5.41) is 2.28. The second-order valence-electron chi connectivity index (χ2n) is 5.65. The lowest BCUT2D eigenvalue weighted by Gasteiger charge is -2.17. The highest BCUT2D eigenvalue weighted by Gasteiger charge is 2.36. The fourth-order valence-corrected chi connectivity index (χ4v) is 3.04. The van der Waals surface area contributed by atoms with Crippen LogP contribution in [0.25, 0.3) is 0 Å². The van der Waals surface area contributed by atoms with Crippen molar-refractivity contribution in [2.24, 2.45) is 4.99 Å². The molecule has 0 radical (unpaired) electrons. The Morgan fingerprint density at radius 1 is 1.08 bits per heavy atom. The molecule has 8 heteroatoms. The zero-order valence-electron chi connectivity index (χ0n) is 12.9. The molecule has 2 aromatic carbocycles. The summed E-state index contributed by atoms with van der Waals surface area (Å²) < 4.78 is 68.1. The Morgan fingerprint density at radius 3 is 2.32 bits per heavy atom. The minimum Gasteiger partial charge on any atom is -0.382 e. The van der Waals surface area contributed by atoms with Gasteiger partial charge in [0.1, 0.15) is 11.6 Å². The average Bonchev–Trinajstić information content (AvgIpc) is 2.66. The maximum Gasteiger partial charge on any atom is 0.417 e. The zero-order valence-corrected chi connectivity index (χ0v) is 13.6. The molecule has 132 valence electrons. The van der Waals surface area contributed by atoms with Gasteiger partial charge in [-0.05, 0) is 31.2 Å². The Hall–Kier alpha value is -2.15. The molecular weight excluding hydrogens is 363 g/mol. The van der Waals surface area contributed by atoms with Gasteiger partial charge in [0.05, 0.1) is 27.9 Å². The van der Waals surface area contributed by atoms with Gasteiger partial charge in [0.15, 0.2) is 0 Å². The number of anilines is 1. The first-order chi connectivity index (χ1) is 11.7. The van der Waals surface area contributed by atoms with Crippen LogP contribution >= 0.6 is 11.6 Å². The number of fused-ring (bicyclic) bond motifs is 1.